The average molecular weight is 329 g/mol. The molecule has 0 radical (unpaired) electrons. The van der Waals surface area contributed by atoms with E-state index in [0.29, 0.717) is 17.9 Å². The van der Waals surface area contributed by atoms with Gasteiger partial charge in [-0.05, 0) is 74.6 Å². The lowest BCUT2D eigenvalue weighted by molar-refractivity contribution is 0.0162. The Morgan fingerprint density at radius 1 is 1.29 bits per heavy atom. The van der Waals surface area contributed by atoms with Crippen LogP contribution < -0.4 is 0 Å². The van der Waals surface area contributed by atoms with Crippen molar-refractivity contribution in [1.82, 2.24) is 0 Å². The van der Waals surface area contributed by atoms with Crippen molar-refractivity contribution in [3.63, 3.8) is 0 Å². The number of carbonyl (C=O) groups excluding carboxylic acids is 1. The molecule has 0 bridgehead atoms. The molecule has 1 fully saturated rings. The van der Waals surface area contributed by atoms with Gasteiger partial charge in [-0.3, -0.25) is 0 Å². The van der Waals surface area contributed by atoms with E-state index in [9.17, 15) is 9.18 Å². The van der Waals surface area contributed by atoms with Gasteiger partial charge >= 0.3 is 5.97 Å². The summed E-state index contributed by atoms with van der Waals surface area (Å²) in [5, 5.41) is 8.37. The smallest absolute Gasteiger partial charge is 0.338 e. The van der Waals surface area contributed by atoms with Gasteiger partial charge in [0, 0.05) is 0 Å². The molecule has 0 aliphatic heterocycles. The molecule has 128 valence electrons. The number of carbonyl (C=O) groups is 1. The van der Waals surface area contributed by atoms with Crippen molar-refractivity contribution in [2.24, 2.45) is 5.92 Å². The molecule has 1 aromatic rings. The summed E-state index contributed by atoms with van der Waals surface area (Å²) in [5.74, 6) is -0.432. The summed E-state index contributed by atoms with van der Waals surface area (Å²) in [7, 11) is 0. The van der Waals surface area contributed by atoms with Gasteiger partial charge in [-0.15, -0.1) is 0 Å². The number of halogens is 1. The Balaban J connectivity index is 1.74. The Kier molecular flexibility index (Phi) is 6.99. The van der Waals surface area contributed by atoms with Crippen LogP contribution in [-0.2, 0) is 11.2 Å². The van der Waals surface area contributed by atoms with Gasteiger partial charge in [0.2, 0.25) is 0 Å². The summed E-state index contributed by atoms with van der Waals surface area (Å²) in [6.07, 6.45) is 7.43. The van der Waals surface area contributed by atoms with Crippen molar-refractivity contribution in [2.75, 3.05) is 0 Å². The highest BCUT2D eigenvalue weighted by Gasteiger charge is 2.24. The molecule has 0 spiro atoms. The van der Waals surface area contributed by atoms with E-state index >= 15 is 0 Å². The van der Waals surface area contributed by atoms with Crippen molar-refractivity contribution in [3.8, 4) is 6.07 Å². The minimum Gasteiger partial charge on any atom is -0.459 e. The van der Waals surface area contributed by atoms with E-state index in [1.807, 2.05) is 24.3 Å². The van der Waals surface area contributed by atoms with E-state index in [2.05, 4.69) is 6.92 Å². The fourth-order valence-electron chi connectivity index (χ4n) is 3.13. The maximum absolute atomic E-state index is 12.7. The lowest BCUT2D eigenvalue weighted by Crippen LogP contribution is -2.24. The second-order valence-electron chi connectivity index (χ2n) is 6.34. The van der Waals surface area contributed by atoms with Gasteiger partial charge in [0.1, 0.15) is 12.2 Å². The molecule has 0 atom stereocenters. The number of hydrogen-bond acceptors (Lipinski definition) is 3. The molecular weight excluding hydrogens is 305 g/mol. The predicted octanol–water partition coefficient (Wildman–Crippen LogP) is 5.12. The Hall–Kier alpha value is -2.15. The molecule has 0 unspecified atom stereocenters. The number of hydrogen-bond donors (Lipinski definition) is 0. The molecule has 0 saturated heterocycles. The molecule has 2 rings (SSSR count). The van der Waals surface area contributed by atoms with E-state index in [4.69, 9.17) is 10.00 Å². The summed E-state index contributed by atoms with van der Waals surface area (Å²) >= 11 is 0. The van der Waals surface area contributed by atoms with E-state index < -0.39 is 5.83 Å². The van der Waals surface area contributed by atoms with Crippen LogP contribution in [0.2, 0.25) is 0 Å². The number of rotatable bonds is 6. The average Bonchev–Trinajstić information content (AvgIpc) is 2.63. The number of esters is 1. The minimum atomic E-state index is -0.702. The largest absolute Gasteiger partial charge is 0.459 e. The standard InChI is InChI=1S/C20H24FNO2/c1-2-15-6-10-17(11-7-15)20(23)24-19-12-8-16(9-13-19)4-3-5-18(21)14-22/h5-7,10-11,16,19H,2-4,8-9,12-13H2,1H3. The van der Waals surface area contributed by atoms with E-state index in [1.165, 1.54) is 17.7 Å². The molecule has 0 aromatic heterocycles. The molecule has 1 saturated carbocycles. The highest BCUT2D eigenvalue weighted by atomic mass is 19.1. The second kappa shape index (κ2) is 9.22. The zero-order valence-corrected chi connectivity index (χ0v) is 14.1. The molecule has 24 heavy (non-hydrogen) atoms. The Morgan fingerprint density at radius 3 is 2.54 bits per heavy atom. The van der Waals surface area contributed by atoms with E-state index in [-0.39, 0.29) is 12.1 Å². The number of nitriles is 1. The quantitative estimate of drug-likeness (QED) is 0.537. The number of allylic oxidation sites excluding steroid dienone is 2. The zero-order valence-electron chi connectivity index (χ0n) is 14.1. The summed E-state index contributed by atoms with van der Waals surface area (Å²) in [6, 6.07) is 9.05. The maximum atomic E-state index is 12.7. The maximum Gasteiger partial charge on any atom is 0.338 e. The van der Waals surface area contributed by atoms with Gasteiger partial charge in [-0.1, -0.05) is 19.1 Å². The lowest BCUT2D eigenvalue weighted by atomic mass is 9.84. The Bertz CT molecular complexity index is 608. The molecule has 1 aromatic carbocycles. The molecule has 1 aliphatic carbocycles. The number of aryl methyl sites for hydroxylation is 1. The van der Waals surface area contributed by atoms with Crippen LogP contribution in [0.3, 0.4) is 0 Å². The Labute approximate surface area is 143 Å². The summed E-state index contributed by atoms with van der Waals surface area (Å²) < 4.78 is 18.3. The molecular formula is C20H24FNO2. The van der Waals surface area contributed by atoms with Crippen LogP contribution in [0, 0.1) is 17.2 Å². The zero-order chi connectivity index (χ0) is 17.4. The first kappa shape index (κ1) is 18.2. The number of nitrogens with zero attached hydrogens (tertiary/aromatic N) is 1. The SMILES string of the molecule is CCc1ccc(C(=O)OC2CCC(CCC=C(F)C#N)CC2)cc1. The Morgan fingerprint density at radius 2 is 1.96 bits per heavy atom. The lowest BCUT2D eigenvalue weighted by Gasteiger charge is -2.28. The van der Waals surface area contributed by atoms with Gasteiger partial charge in [0.15, 0.2) is 5.83 Å². The van der Waals surface area contributed by atoms with Crippen LogP contribution in [-0.4, -0.2) is 12.1 Å². The molecule has 3 nitrogen and oxygen atoms in total. The second-order valence-corrected chi connectivity index (χ2v) is 6.34. The normalized spacial score (nSPS) is 21.1. The fourth-order valence-corrected chi connectivity index (χ4v) is 3.13. The van der Waals surface area contributed by atoms with Crippen molar-refractivity contribution in [2.45, 2.75) is 58.0 Å². The van der Waals surface area contributed by atoms with Crippen LogP contribution in [0.4, 0.5) is 4.39 Å². The van der Waals surface area contributed by atoms with Crippen molar-refractivity contribution in [3.05, 3.63) is 47.3 Å². The van der Waals surface area contributed by atoms with Crippen LogP contribution >= 0.6 is 0 Å². The van der Waals surface area contributed by atoms with Gasteiger partial charge < -0.3 is 4.74 Å². The third-order valence-electron chi connectivity index (χ3n) is 4.67. The van der Waals surface area contributed by atoms with Crippen LogP contribution in [0.25, 0.3) is 0 Å². The molecule has 4 heteroatoms. The monoisotopic (exact) mass is 329 g/mol. The highest BCUT2D eigenvalue weighted by molar-refractivity contribution is 5.89. The van der Waals surface area contributed by atoms with Crippen molar-refractivity contribution in [1.29, 1.82) is 5.26 Å². The highest BCUT2D eigenvalue weighted by Crippen LogP contribution is 2.30. The van der Waals surface area contributed by atoms with Crippen LogP contribution in [0.1, 0.15) is 61.4 Å². The number of benzene rings is 1. The van der Waals surface area contributed by atoms with Gasteiger partial charge in [-0.2, -0.15) is 9.65 Å². The van der Waals surface area contributed by atoms with Gasteiger partial charge in [0.25, 0.3) is 0 Å². The van der Waals surface area contributed by atoms with Crippen LogP contribution in [0.5, 0.6) is 0 Å². The van der Waals surface area contributed by atoms with Gasteiger partial charge in [-0.25, -0.2) is 4.79 Å². The van der Waals surface area contributed by atoms with Crippen molar-refractivity contribution < 1.29 is 13.9 Å². The van der Waals surface area contributed by atoms with Gasteiger partial charge in [0.05, 0.1) is 5.56 Å². The summed E-state index contributed by atoms with van der Waals surface area (Å²) in [4.78, 5) is 12.2. The summed E-state index contributed by atoms with van der Waals surface area (Å²) in [5.41, 5.74) is 1.81. The first-order valence-electron chi connectivity index (χ1n) is 8.68. The summed E-state index contributed by atoms with van der Waals surface area (Å²) in [6.45, 7) is 2.08. The predicted molar refractivity (Wildman–Crippen MR) is 91.0 cm³/mol. The number of ether oxygens (including phenoxy) is 1. The molecule has 1 aliphatic rings. The third kappa shape index (κ3) is 5.49. The van der Waals surface area contributed by atoms with E-state index in [0.717, 1.165) is 38.5 Å². The first-order valence-corrected chi connectivity index (χ1v) is 8.68. The van der Waals surface area contributed by atoms with Crippen molar-refractivity contribution >= 4 is 5.97 Å². The fraction of sp³-hybridized carbons (Fsp3) is 0.500. The minimum absolute atomic E-state index is 0.0222. The van der Waals surface area contributed by atoms with Crippen LogP contribution in [0.15, 0.2) is 36.2 Å². The topological polar surface area (TPSA) is 50.1 Å². The molecule has 0 heterocycles. The molecule has 0 N–H and O–H groups in total. The first-order chi connectivity index (χ1) is 11.6. The van der Waals surface area contributed by atoms with E-state index in [1.54, 1.807) is 0 Å². The third-order valence-corrected chi connectivity index (χ3v) is 4.67. The molecule has 0 amide bonds.